The van der Waals surface area contributed by atoms with Crippen molar-refractivity contribution in [2.24, 2.45) is 0 Å². The first-order valence-corrected chi connectivity index (χ1v) is 8.25. The van der Waals surface area contributed by atoms with Crippen molar-refractivity contribution in [3.63, 3.8) is 0 Å². The Hall–Kier alpha value is -1.79. The molecule has 0 saturated heterocycles. The molecule has 0 aliphatic heterocycles. The van der Waals surface area contributed by atoms with Crippen LogP contribution in [0.2, 0.25) is 0 Å². The molecule has 0 atom stereocenters. The molecule has 0 fully saturated rings. The molecule has 0 radical (unpaired) electrons. The van der Waals surface area contributed by atoms with Crippen molar-refractivity contribution in [1.82, 2.24) is 10.5 Å². The number of benzene rings is 1. The fraction of sp³-hybridized carbons (Fsp3) is 0.412. The number of aliphatic carboxylic acids is 1. The number of nitrogens with zero attached hydrogens (tertiary/aromatic N) is 1. The lowest BCUT2D eigenvalue weighted by Crippen LogP contribution is -2.26. The van der Waals surface area contributed by atoms with Gasteiger partial charge in [-0.15, -0.1) is 11.8 Å². The third kappa shape index (κ3) is 4.59. The Kier molecular flexibility index (Phi) is 5.49. The largest absolute Gasteiger partial charge is 0.480 e. The zero-order valence-corrected chi connectivity index (χ0v) is 14.7. The van der Waals surface area contributed by atoms with E-state index < -0.39 is 10.7 Å². The van der Waals surface area contributed by atoms with Crippen molar-refractivity contribution in [3.8, 4) is 0 Å². The van der Waals surface area contributed by atoms with E-state index in [1.54, 1.807) is 13.8 Å². The van der Waals surface area contributed by atoms with E-state index in [0.29, 0.717) is 6.54 Å². The van der Waals surface area contributed by atoms with Crippen LogP contribution in [-0.4, -0.2) is 21.0 Å². The first-order chi connectivity index (χ1) is 10.8. The van der Waals surface area contributed by atoms with Gasteiger partial charge in [-0.25, -0.2) is 0 Å². The summed E-state index contributed by atoms with van der Waals surface area (Å²) in [5, 5.41) is 16.5. The van der Waals surface area contributed by atoms with Crippen LogP contribution in [0.15, 0.2) is 33.7 Å². The van der Waals surface area contributed by atoms with Crippen molar-refractivity contribution < 1.29 is 14.4 Å². The Balaban J connectivity index is 1.89. The van der Waals surface area contributed by atoms with E-state index in [0.717, 1.165) is 34.0 Å². The van der Waals surface area contributed by atoms with E-state index >= 15 is 0 Å². The van der Waals surface area contributed by atoms with Crippen LogP contribution >= 0.6 is 11.8 Å². The van der Waals surface area contributed by atoms with Gasteiger partial charge in [0.15, 0.2) is 0 Å². The van der Waals surface area contributed by atoms with Gasteiger partial charge in [0.1, 0.15) is 10.5 Å². The second-order valence-corrected chi connectivity index (χ2v) is 7.66. The number of nitrogens with one attached hydrogen (secondary N) is 1. The molecule has 0 unspecified atom stereocenters. The number of carboxylic acid groups (broad SMARTS) is 1. The minimum atomic E-state index is -0.830. The molecule has 2 aromatic rings. The second-order valence-electron chi connectivity index (χ2n) is 5.97. The highest BCUT2D eigenvalue weighted by Crippen LogP contribution is 2.32. The first kappa shape index (κ1) is 17.6. The molecule has 0 aliphatic carbocycles. The Labute approximate surface area is 140 Å². The zero-order valence-electron chi connectivity index (χ0n) is 13.8. The molecule has 2 N–H and O–H groups in total. The fourth-order valence-corrected chi connectivity index (χ4v) is 3.05. The van der Waals surface area contributed by atoms with Crippen LogP contribution in [0.3, 0.4) is 0 Å². The lowest BCUT2D eigenvalue weighted by atomic mass is 10.2. The predicted octanol–water partition coefficient (Wildman–Crippen LogP) is 3.54. The molecular weight excluding hydrogens is 312 g/mol. The molecule has 1 aromatic carbocycles. The lowest BCUT2D eigenvalue weighted by molar-refractivity contribution is -0.138. The van der Waals surface area contributed by atoms with E-state index in [1.165, 1.54) is 11.8 Å². The number of hydrogen-bond donors (Lipinski definition) is 2. The van der Waals surface area contributed by atoms with Gasteiger partial charge >= 0.3 is 5.97 Å². The Morgan fingerprint density at radius 1 is 1.26 bits per heavy atom. The normalized spacial score (nSPS) is 11.7. The summed E-state index contributed by atoms with van der Waals surface area (Å²) in [6.45, 7) is 8.70. The highest BCUT2D eigenvalue weighted by molar-refractivity contribution is 8.01. The topological polar surface area (TPSA) is 75.4 Å². The number of rotatable bonds is 7. The van der Waals surface area contributed by atoms with Gasteiger partial charge in [-0.3, -0.25) is 4.79 Å². The van der Waals surface area contributed by atoms with E-state index in [-0.39, 0.29) is 0 Å². The van der Waals surface area contributed by atoms with E-state index in [4.69, 9.17) is 9.63 Å². The van der Waals surface area contributed by atoms with Crippen LogP contribution in [0, 0.1) is 13.8 Å². The maximum atomic E-state index is 11.2. The molecule has 124 valence electrons. The summed E-state index contributed by atoms with van der Waals surface area (Å²) in [4.78, 5) is 12.1. The van der Waals surface area contributed by atoms with Crippen LogP contribution < -0.4 is 5.32 Å². The van der Waals surface area contributed by atoms with Gasteiger partial charge in [0.05, 0.1) is 5.69 Å². The first-order valence-electron chi connectivity index (χ1n) is 7.43. The predicted molar refractivity (Wildman–Crippen MR) is 90.5 cm³/mol. The fourth-order valence-electron chi connectivity index (χ4n) is 2.10. The molecule has 0 aliphatic rings. The van der Waals surface area contributed by atoms with Gasteiger partial charge in [-0.1, -0.05) is 17.3 Å². The third-order valence-electron chi connectivity index (χ3n) is 3.62. The van der Waals surface area contributed by atoms with Gasteiger partial charge < -0.3 is 14.9 Å². The monoisotopic (exact) mass is 334 g/mol. The lowest BCUT2D eigenvalue weighted by Gasteiger charge is -2.18. The van der Waals surface area contributed by atoms with Gasteiger partial charge in [0, 0.05) is 23.5 Å². The number of thioether (sulfide) groups is 1. The molecule has 5 nitrogen and oxygen atoms in total. The molecule has 0 bridgehead atoms. The summed E-state index contributed by atoms with van der Waals surface area (Å²) in [5.41, 5.74) is 3.16. The van der Waals surface area contributed by atoms with E-state index in [9.17, 15) is 4.79 Å². The third-order valence-corrected chi connectivity index (χ3v) is 4.82. The molecule has 2 rings (SSSR count). The molecule has 6 heteroatoms. The van der Waals surface area contributed by atoms with Crippen LogP contribution in [0.4, 0.5) is 0 Å². The minimum absolute atomic E-state index is 0.712. The molecule has 0 spiro atoms. The van der Waals surface area contributed by atoms with Crippen LogP contribution in [0.5, 0.6) is 0 Å². The van der Waals surface area contributed by atoms with Crippen LogP contribution in [-0.2, 0) is 17.9 Å². The standard InChI is InChI=1S/C17H22N2O3S/c1-11-15(12(2)22-19-11)10-18-9-13-5-7-14(8-6-13)23-17(3,4)16(20)21/h5-8,18H,9-10H2,1-4H3,(H,20,21). The minimum Gasteiger partial charge on any atom is -0.480 e. The molecule has 1 aromatic heterocycles. The summed E-state index contributed by atoms with van der Waals surface area (Å²) >= 11 is 1.35. The SMILES string of the molecule is Cc1noc(C)c1CNCc1ccc(SC(C)(C)C(=O)O)cc1. The molecule has 23 heavy (non-hydrogen) atoms. The summed E-state index contributed by atoms with van der Waals surface area (Å²) in [7, 11) is 0. The second kappa shape index (κ2) is 7.19. The number of hydrogen-bond acceptors (Lipinski definition) is 5. The van der Waals surface area contributed by atoms with Gasteiger partial charge in [-0.05, 0) is 45.4 Å². The highest BCUT2D eigenvalue weighted by Gasteiger charge is 2.28. The quantitative estimate of drug-likeness (QED) is 0.754. The van der Waals surface area contributed by atoms with Gasteiger partial charge in [-0.2, -0.15) is 0 Å². The molecule has 0 amide bonds. The number of carboxylic acids is 1. The molecular formula is C17H22N2O3S. The molecule has 0 saturated carbocycles. The smallest absolute Gasteiger partial charge is 0.319 e. The summed E-state index contributed by atoms with van der Waals surface area (Å²) in [6, 6.07) is 7.95. The van der Waals surface area contributed by atoms with E-state index in [2.05, 4.69) is 10.5 Å². The number of aryl methyl sites for hydroxylation is 2. The number of carbonyl (C=O) groups is 1. The van der Waals surface area contributed by atoms with Crippen molar-refractivity contribution in [2.45, 2.75) is 50.4 Å². The highest BCUT2D eigenvalue weighted by atomic mass is 32.2. The van der Waals surface area contributed by atoms with Crippen LogP contribution in [0.25, 0.3) is 0 Å². The zero-order chi connectivity index (χ0) is 17.0. The average molecular weight is 334 g/mol. The van der Waals surface area contributed by atoms with Gasteiger partial charge in [0.2, 0.25) is 0 Å². The van der Waals surface area contributed by atoms with Crippen molar-refractivity contribution in [3.05, 3.63) is 46.8 Å². The maximum absolute atomic E-state index is 11.2. The summed E-state index contributed by atoms with van der Waals surface area (Å²) in [5.74, 6) is 0.0327. The summed E-state index contributed by atoms with van der Waals surface area (Å²) in [6.07, 6.45) is 0. The number of aromatic nitrogens is 1. The van der Waals surface area contributed by atoms with E-state index in [1.807, 2.05) is 38.1 Å². The van der Waals surface area contributed by atoms with Crippen molar-refractivity contribution in [2.75, 3.05) is 0 Å². The van der Waals surface area contributed by atoms with Crippen LogP contribution in [0.1, 0.15) is 36.4 Å². The Morgan fingerprint density at radius 3 is 2.43 bits per heavy atom. The Bertz CT molecular complexity index is 658. The average Bonchev–Trinajstić information content (AvgIpc) is 2.80. The van der Waals surface area contributed by atoms with Crippen molar-refractivity contribution in [1.29, 1.82) is 0 Å². The molecule has 1 heterocycles. The maximum Gasteiger partial charge on any atom is 0.319 e. The summed E-state index contributed by atoms with van der Waals surface area (Å²) < 4.78 is 4.31. The van der Waals surface area contributed by atoms with Crippen molar-refractivity contribution >= 4 is 17.7 Å². The van der Waals surface area contributed by atoms with Gasteiger partial charge in [0.25, 0.3) is 0 Å². The Morgan fingerprint density at radius 2 is 1.91 bits per heavy atom.